The van der Waals surface area contributed by atoms with E-state index >= 15 is 0 Å². The molecule has 0 fully saturated rings. The maximum absolute atomic E-state index is 11.6. The van der Waals surface area contributed by atoms with E-state index in [0.717, 1.165) is 49.9 Å². The topological polar surface area (TPSA) is 76.7 Å². The Morgan fingerprint density at radius 3 is 1.32 bits per heavy atom. The van der Waals surface area contributed by atoms with E-state index in [9.17, 15) is 9.59 Å². The summed E-state index contributed by atoms with van der Waals surface area (Å²) in [6, 6.07) is 18.5. The molecule has 6 nitrogen and oxygen atoms in total. The molecule has 2 N–H and O–H groups in total. The number of para-hydroxylation sites is 2. The Bertz CT molecular complexity index is 631. The van der Waals surface area contributed by atoms with E-state index in [1.165, 1.54) is 0 Å². The third-order valence-corrected chi connectivity index (χ3v) is 4.05. The Kier molecular flexibility index (Phi) is 10.0. The van der Waals surface area contributed by atoms with Crippen LogP contribution in [0.2, 0.25) is 0 Å². The van der Waals surface area contributed by atoms with Crippen LogP contribution in [0.4, 0.5) is 21.0 Å². The van der Waals surface area contributed by atoms with Crippen molar-refractivity contribution >= 4 is 23.6 Å². The first-order valence-electron chi connectivity index (χ1n) is 9.72. The van der Waals surface area contributed by atoms with Crippen molar-refractivity contribution in [3.8, 4) is 0 Å². The van der Waals surface area contributed by atoms with Gasteiger partial charge in [0.25, 0.3) is 0 Å². The maximum Gasteiger partial charge on any atom is 0.411 e. The minimum Gasteiger partial charge on any atom is -0.449 e. The van der Waals surface area contributed by atoms with Crippen LogP contribution >= 0.6 is 0 Å². The Hall–Kier alpha value is -3.02. The molecule has 0 aliphatic rings. The molecule has 0 saturated heterocycles. The van der Waals surface area contributed by atoms with Gasteiger partial charge in [-0.1, -0.05) is 62.1 Å². The van der Waals surface area contributed by atoms with Gasteiger partial charge in [-0.3, -0.25) is 10.6 Å². The number of anilines is 2. The number of ether oxygens (including phenoxy) is 2. The first kappa shape index (κ1) is 21.3. The second-order valence-corrected chi connectivity index (χ2v) is 6.38. The Morgan fingerprint density at radius 1 is 0.571 bits per heavy atom. The molecule has 0 atom stereocenters. The fourth-order valence-electron chi connectivity index (χ4n) is 2.59. The highest BCUT2D eigenvalue weighted by molar-refractivity contribution is 5.84. The molecule has 28 heavy (non-hydrogen) atoms. The SMILES string of the molecule is O=C(Nc1ccccc1)OCCCCCCCCOC(=O)Nc1ccccc1. The van der Waals surface area contributed by atoms with E-state index in [0.29, 0.717) is 13.2 Å². The van der Waals surface area contributed by atoms with Crippen LogP contribution in [0.1, 0.15) is 38.5 Å². The van der Waals surface area contributed by atoms with Gasteiger partial charge in [0.05, 0.1) is 13.2 Å². The first-order chi connectivity index (χ1) is 13.7. The molecular formula is C22H28N2O4. The number of unbranched alkanes of at least 4 members (excludes halogenated alkanes) is 5. The van der Waals surface area contributed by atoms with E-state index in [4.69, 9.17) is 9.47 Å². The standard InChI is InChI=1S/C22H28N2O4/c25-21(23-19-13-7-5-8-14-19)27-17-11-3-1-2-4-12-18-28-22(26)24-20-15-9-6-10-16-20/h5-10,13-16H,1-4,11-12,17-18H2,(H,23,25)(H,24,26). The van der Waals surface area contributed by atoms with Crippen molar-refractivity contribution in [3.63, 3.8) is 0 Å². The highest BCUT2D eigenvalue weighted by Gasteiger charge is 2.03. The van der Waals surface area contributed by atoms with Crippen molar-refractivity contribution in [3.05, 3.63) is 60.7 Å². The number of carbonyl (C=O) groups is 2. The van der Waals surface area contributed by atoms with Gasteiger partial charge in [-0.25, -0.2) is 9.59 Å². The monoisotopic (exact) mass is 384 g/mol. The molecule has 0 aliphatic carbocycles. The van der Waals surface area contributed by atoms with Crippen molar-refractivity contribution in [2.45, 2.75) is 38.5 Å². The van der Waals surface area contributed by atoms with Crippen molar-refractivity contribution < 1.29 is 19.1 Å². The molecule has 0 aromatic heterocycles. The van der Waals surface area contributed by atoms with E-state index in [1.54, 1.807) is 0 Å². The maximum atomic E-state index is 11.6. The molecule has 0 aliphatic heterocycles. The summed E-state index contributed by atoms with van der Waals surface area (Å²) < 4.78 is 10.3. The van der Waals surface area contributed by atoms with Crippen LogP contribution in [-0.4, -0.2) is 25.4 Å². The summed E-state index contributed by atoms with van der Waals surface area (Å²) in [4.78, 5) is 23.2. The zero-order valence-electron chi connectivity index (χ0n) is 16.1. The van der Waals surface area contributed by atoms with E-state index in [1.807, 2.05) is 60.7 Å². The summed E-state index contributed by atoms with van der Waals surface area (Å²) in [6.45, 7) is 0.836. The van der Waals surface area contributed by atoms with Crippen LogP contribution in [0.3, 0.4) is 0 Å². The van der Waals surface area contributed by atoms with Crippen molar-refractivity contribution in [2.24, 2.45) is 0 Å². The average molecular weight is 384 g/mol. The first-order valence-corrected chi connectivity index (χ1v) is 9.72. The number of amides is 2. The summed E-state index contributed by atoms with van der Waals surface area (Å²) in [5.41, 5.74) is 1.46. The van der Waals surface area contributed by atoms with Gasteiger partial charge in [0.15, 0.2) is 0 Å². The highest BCUT2D eigenvalue weighted by atomic mass is 16.6. The lowest BCUT2D eigenvalue weighted by Gasteiger charge is -2.07. The smallest absolute Gasteiger partial charge is 0.411 e. The highest BCUT2D eigenvalue weighted by Crippen LogP contribution is 2.09. The van der Waals surface area contributed by atoms with Gasteiger partial charge in [-0.15, -0.1) is 0 Å². The van der Waals surface area contributed by atoms with Gasteiger partial charge in [0.1, 0.15) is 0 Å². The van der Waals surface area contributed by atoms with Crippen molar-refractivity contribution in [1.82, 2.24) is 0 Å². The van der Waals surface area contributed by atoms with Crippen molar-refractivity contribution in [2.75, 3.05) is 23.8 Å². The van der Waals surface area contributed by atoms with E-state index in [2.05, 4.69) is 10.6 Å². The van der Waals surface area contributed by atoms with Crippen LogP contribution in [0.25, 0.3) is 0 Å². The van der Waals surface area contributed by atoms with Gasteiger partial charge in [-0.2, -0.15) is 0 Å². The molecular weight excluding hydrogens is 356 g/mol. The number of hydrogen-bond acceptors (Lipinski definition) is 4. The predicted molar refractivity (Wildman–Crippen MR) is 111 cm³/mol. The summed E-state index contributed by atoms with van der Waals surface area (Å²) in [7, 11) is 0. The number of rotatable bonds is 11. The van der Waals surface area contributed by atoms with Crippen LogP contribution in [0, 0.1) is 0 Å². The third kappa shape index (κ3) is 9.62. The lowest BCUT2D eigenvalue weighted by atomic mass is 10.1. The molecule has 0 saturated carbocycles. The molecule has 0 spiro atoms. The van der Waals surface area contributed by atoms with Gasteiger partial charge in [0.2, 0.25) is 0 Å². The van der Waals surface area contributed by atoms with Gasteiger partial charge in [-0.05, 0) is 37.1 Å². The normalized spacial score (nSPS) is 10.1. The zero-order valence-corrected chi connectivity index (χ0v) is 16.1. The largest absolute Gasteiger partial charge is 0.449 e. The number of nitrogens with one attached hydrogen (secondary N) is 2. The van der Waals surface area contributed by atoms with Crippen LogP contribution in [0.15, 0.2) is 60.7 Å². The minimum absolute atomic E-state index is 0.418. The zero-order chi connectivity index (χ0) is 19.9. The molecule has 2 rings (SSSR count). The second-order valence-electron chi connectivity index (χ2n) is 6.38. The number of carbonyl (C=O) groups excluding carboxylic acids is 2. The minimum atomic E-state index is -0.419. The van der Waals surface area contributed by atoms with Gasteiger partial charge < -0.3 is 9.47 Å². The summed E-state index contributed by atoms with van der Waals surface area (Å²) in [5.74, 6) is 0. The Labute approximate surface area is 166 Å². The quantitative estimate of drug-likeness (QED) is 0.478. The molecule has 150 valence electrons. The predicted octanol–water partition coefficient (Wildman–Crippen LogP) is 5.82. The van der Waals surface area contributed by atoms with Crippen LogP contribution in [0.5, 0.6) is 0 Å². The lowest BCUT2D eigenvalue weighted by molar-refractivity contribution is 0.156. The molecule has 0 radical (unpaired) electrons. The summed E-state index contributed by atoms with van der Waals surface area (Å²) in [5, 5.41) is 5.37. The molecule has 2 aromatic carbocycles. The van der Waals surface area contributed by atoms with Gasteiger partial charge in [0, 0.05) is 11.4 Å². The molecule has 0 bridgehead atoms. The fourth-order valence-corrected chi connectivity index (χ4v) is 2.59. The number of hydrogen-bond donors (Lipinski definition) is 2. The Balaban J connectivity index is 1.37. The summed E-state index contributed by atoms with van der Waals surface area (Å²) >= 11 is 0. The van der Waals surface area contributed by atoms with E-state index < -0.39 is 12.2 Å². The van der Waals surface area contributed by atoms with Crippen LogP contribution < -0.4 is 10.6 Å². The average Bonchev–Trinajstić information content (AvgIpc) is 2.71. The molecule has 0 unspecified atom stereocenters. The van der Waals surface area contributed by atoms with E-state index in [-0.39, 0.29) is 0 Å². The fraction of sp³-hybridized carbons (Fsp3) is 0.364. The molecule has 2 amide bonds. The second kappa shape index (κ2) is 13.2. The molecule has 0 heterocycles. The third-order valence-electron chi connectivity index (χ3n) is 4.05. The molecule has 2 aromatic rings. The van der Waals surface area contributed by atoms with Crippen molar-refractivity contribution in [1.29, 1.82) is 0 Å². The Morgan fingerprint density at radius 2 is 0.929 bits per heavy atom. The van der Waals surface area contributed by atoms with Crippen LogP contribution in [-0.2, 0) is 9.47 Å². The lowest BCUT2D eigenvalue weighted by Crippen LogP contribution is -2.14. The van der Waals surface area contributed by atoms with Gasteiger partial charge >= 0.3 is 12.2 Å². The summed E-state index contributed by atoms with van der Waals surface area (Å²) in [6.07, 6.45) is 5.01. The number of benzene rings is 2. The molecule has 6 heteroatoms.